The van der Waals surface area contributed by atoms with Crippen LogP contribution in [0.3, 0.4) is 0 Å². The van der Waals surface area contributed by atoms with Crippen LogP contribution in [0.25, 0.3) is 0 Å². The Hall–Kier alpha value is -1.58. The van der Waals surface area contributed by atoms with Gasteiger partial charge in [-0.05, 0) is 12.8 Å². The van der Waals surface area contributed by atoms with Gasteiger partial charge in [0.25, 0.3) is 0 Å². The highest BCUT2D eigenvalue weighted by molar-refractivity contribution is 5.72. The largest absolute Gasteiger partial charge is 0.481 e. The number of carbonyl (C=O) groups is 2. The molecule has 0 radical (unpaired) electrons. The first-order valence-corrected chi connectivity index (χ1v) is 8.85. The van der Waals surface area contributed by atoms with Crippen molar-refractivity contribution >= 4 is 11.9 Å². The predicted molar refractivity (Wildman–Crippen MR) is 93.5 cm³/mol. The summed E-state index contributed by atoms with van der Waals surface area (Å²) in [7, 11) is 0. The van der Waals surface area contributed by atoms with Gasteiger partial charge in [-0.25, -0.2) is 0 Å². The van der Waals surface area contributed by atoms with E-state index >= 15 is 0 Å². The van der Waals surface area contributed by atoms with Crippen LogP contribution in [0, 0.1) is 5.92 Å². The second-order valence-electron chi connectivity index (χ2n) is 5.97. The van der Waals surface area contributed by atoms with Crippen LogP contribution >= 0.6 is 0 Å². The third kappa shape index (κ3) is 15.1. The maximum absolute atomic E-state index is 10.3. The molecule has 1 aliphatic carbocycles. The molecule has 0 spiro atoms. The third-order valence-electron chi connectivity index (χ3n) is 3.79. The van der Waals surface area contributed by atoms with Gasteiger partial charge in [0.2, 0.25) is 0 Å². The van der Waals surface area contributed by atoms with Crippen molar-refractivity contribution in [1.82, 2.24) is 0 Å². The lowest BCUT2D eigenvalue weighted by Crippen LogP contribution is -2.10. The average molecular weight is 324 g/mol. The Labute approximate surface area is 140 Å². The van der Waals surface area contributed by atoms with Gasteiger partial charge in [-0.15, -0.1) is 0 Å². The van der Waals surface area contributed by atoms with Gasteiger partial charge < -0.3 is 10.2 Å². The average Bonchev–Trinajstić information content (AvgIpc) is 2.54. The van der Waals surface area contributed by atoms with E-state index in [-0.39, 0.29) is 5.92 Å². The van der Waals surface area contributed by atoms with E-state index in [0.29, 0.717) is 12.8 Å². The number of hydrogen-bond donors (Lipinski definition) is 2. The number of carboxylic acids is 2. The summed E-state index contributed by atoms with van der Waals surface area (Å²) in [5.41, 5.74) is 0. The summed E-state index contributed by atoms with van der Waals surface area (Å²) < 4.78 is 0. The molecule has 2 N–H and O–H groups in total. The van der Waals surface area contributed by atoms with E-state index in [1.165, 1.54) is 44.9 Å². The van der Waals surface area contributed by atoms with Crippen molar-refractivity contribution in [3.05, 3.63) is 24.3 Å². The molecule has 23 heavy (non-hydrogen) atoms. The first-order valence-electron chi connectivity index (χ1n) is 8.85. The predicted octanol–water partition coefficient (Wildman–Crippen LogP) is 5.20. The fourth-order valence-electron chi connectivity index (χ4n) is 2.35. The van der Waals surface area contributed by atoms with E-state index in [2.05, 4.69) is 6.92 Å². The summed E-state index contributed by atoms with van der Waals surface area (Å²) in [5, 5.41) is 16.9. The molecular weight excluding hydrogens is 292 g/mol. The fourth-order valence-corrected chi connectivity index (χ4v) is 2.35. The first kappa shape index (κ1) is 21.4. The summed E-state index contributed by atoms with van der Waals surface area (Å²) in [5.74, 6) is -1.70. The topological polar surface area (TPSA) is 74.6 Å². The van der Waals surface area contributed by atoms with Crippen LogP contribution in [0.2, 0.25) is 0 Å². The van der Waals surface area contributed by atoms with Crippen LogP contribution in [0.4, 0.5) is 0 Å². The van der Waals surface area contributed by atoms with E-state index in [1.54, 1.807) is 12.2 Å². The van der Waals surface area contributed by atoms with Crippen LogP contribution in [0.15, 0.2) is 24.3 Å². The van der Waals surface area contributed by atoms with Crippen LogP contribution in [-0.4, -0.2) is 22.2 Å². The maximum Gasteiger partial charge on any atom is 0.310 e. The molecule has 0 aromatic rings. The van der Waals surface area contributed by atoms with E-state index in [1.807, 2.05) is 12.2 Å². The number of unbranched alkanes of at least 4 members (excludes halogenated alkanes) is 8. The van der Waals surface area contributed by atoms with Crippen LogP contribution in [0.5, 0.6) is 0 Å². The SMILES string of the molecule is CCCCCCCCCCCC(=O)O.O=C(O)C1C=CC=CC1. The highest BCUT2D eigenvalue weighted by Gasteiger charge is 2.12. The molecule has 0 bridgehead atoms. The number of carboxylic acid groups (broad SMARTS) is 2. The zero-order chi connectivity index (χ0) is 17.3. The first-order chi connectivity index (χ1) is 11.1. The molecule has 0 aromatic heterocycles. The van der Waals surface area contributed by atoms with E-state index < -0.39 is 11.9 Å². The van der Waals surface area contributed by atoms with Gasteiger partial charge in [-0.1, -0.05) is 82.6 Å². The molecule has 4 heteroatoms. The van der Waals surface area contributed by atoms with Gasteiger partial charge >= 0.3 is 11.9 Å². The van der Waals surface area contributed by atoms with Crippen molar-refractivity contribution in [3.8, 4) is 0 Å². The number of hydrogen-bond acceptors (Lipinski definition) is 2. The second-order valence-corrected chi connectivity index (χ2v) is 5.97. The Kier molecular flexibility index (Phi) is 14.3. The van der Waals surface area contributed by atoms with Crippen LogP contribution in [-0.2, 0) is 9.59 Å². The molecule has 0 aromatic carbocycles. The zero-order valence-corrected chi connectivity index (χ0v) is 14.4. The summed E-state index contributed by atoms with van der Waals surface area (Å²) in [6.45, 7) is 2.23. The zero-order valence-electron chi connectivity index (χ0n) is 14.4. The van der Waals surface area contributed by atoms with Crippen LogP contribution in [0.1, 0.15) is 77.6 Å². The third-order valence-corrected chi connectivity index (χ3v) is 3.79. The molecule has 0 saturated heterocycles. The lowest BCUT2D eigenvalue weighted by molar-refractivity contribution is -0.140. The van der Waals surface area contributed by atoms with E-state index in [0.717, 1.165) is 12.8 Å². The number of allylic oxidation sites excluding steroid dienone is 3. The van der Waals surface area contributed by atoms with Gasteiger partial charge in [0.05, 0.1) is 5.92 Å². The van der Waals surface area contributed by atoms with Gasteiger partial charge in [0, 0.05) is 6.42 Å². The highest BCUT2D eigenvalue weighted by atomic mass is 16.4. The van der Waals surface area contributed by atoms with E-state index in [4.69, 9.17) is 10.2 Å². The van der Waals surface area contributed by atoms with Crippen molar-refractivity contribution in [2.45, 2.75) is 77.6 Å². The number of aliphatic carboxylic acids is 2. The Balaban J connectivity index is 0.000000459. The van der Waals surface area contributed by atoms with Gasteiger partial charge in [-0.2, -0.15) is 0 Å². The Morgan fingerprint density at radius 1 is 0.913 bits per heavy atom. The monoisotopic (exact) mass is 324 g/mol. The van der Waals surface area contributed by atoms with Gasteiger partial charge in [-0.3, -0.25) is 9.59 Å². The van der Waals surface area contributed by atoms with E-state index in [9.17, 15) is 9.59 Å². The Bertz CT molecular complexity index is 372. The molecule has 0 aliphatic heterocycles. The molecule has 132 valence electrons. The minimum Gasteiger partial charge on any atom is -0.481 e. The molecule has 1 rings (SSSR count). The lowest BCUT2D eigenvalue weighted by atomic mass is 10.0. The Morgan fingerprint density at radius 2 is 1.48 bits per heavy atom. The standard InChI is InChI=1S/C12H24O2.C7H8O2/c1-2-3-4-5-6-7-8-9-10-11-12(13)14;8-7(9)6-4-2-1-3-5-6/h2-11H2,1H3,(H,13,14);1-4,6H,5H2,(H,8,9). The van der Waals surface area contributed by atoms with Gasteiger partial charge in [0.1, 0.15) is 0 Å². The second kappa shape index (κ2) is 15.3. The summed E-state index contributed by atoms with van der Waals surface area (Å²) in [6, 6.07) is 0. The van der Waals surface area contributed by atoms with Crippen molar-refractivity contribution in [1.29, 1.82) is 0 Å². The van der Waals surface area contributed by atoms with Crippen LogP contribution < -0.4 is 0 Å². The molecular formula is C19H32O4. The van der Waals surface area contributed by atoms with Crippen molar-refractivity contribution in [2.75, 3.05) is 0 Å². The minimum absolute atomic E-state index is 0.296. The number of rotatable bonds is 11. The molecule has 4 nitrogen and oxygen atoms in total. The molecule has 1 atom stereocenters. The minimum atomic E-state index is -0.740. The normalized spacial score (nSPS) is 15.8. The Morgan fingerprint density at radius 3 is 1.87 bits per heavy atom. The smallest absolute Gasteiger partial charge is 0.310 e. The molecule has 0 fully saturated rings. The maximum atomic E-state index is 10.3. The summed E-state index contributed by atoms with van der Waals surface area (Å²) in [4.78, 5) is 20.5. The molecule has 1 aliphatic rings. The molecule has 1 unspecified atom stereocenters. The summed E-state index contributed by atoms with van der Waals surface area (Å²) >= 11 is 0. The van der Waals surface area contributed by atoms with Gasteiger partial charge in [0.15, 0.2) is 0 Å². The quantitative estimate of drug-likeness (QED) is 0.512. The fraction of sp³-hybridized carbons (Fsp3) is 0.684. The molecule has 0 amide bonds. The molecule has 0 heterocycles. The lowest BCUT2D eigenvalue weighted by Gasteiger charge is -2.04. The summed E-state index contributed by atoms with van der Waals surface area (Å²) in [6.07, 6.45) is 19.3. The van der Waals surface area contributed by atoms with Crippen molar-refractivity contribution in [3.63, 3.8) is 0 Å². The highest BCUT2D eigenvalue weighted by Crippen LogP contribution is 2.11. The van der Waals surface area contributed by atoms with Crippen molar-refractivity contribution in [2.24, 2.45) is 5.92 Å². The molecule has 0 saturated carbocycles. The van der Waals surface area contributed by atoms with Crippen molar-refractivity contribution < 1.29 is 19.8 Å².